The Kier molecular flexibility index (Phi) is 42.4. The van der Waals surface area contributed by atoms with Gasteiger partial charge < -0.3 is 18.9 Å². The summed E-state index contributed by atoms with van der Waals surface area (Å²) in [4.78, 5) is 23.0. The van der Waals surface area contributed by atoms with E-state index in [1.165, 1.54) is 141 Å². The molecule has 2 unspecified atom stereocenters. The molecule has 0 rings (SSSR count). The number of esters is 1. The first-order chi connectivity index (χ1) is 28.6. The first kappa shape index (κ1) is 57.7. The molecular weight excluding hydrogens is 758 g/mol. The zero-order chi connectivity index (χ0) is 43.4. The van der Waals surface area contributed by atoms with Gasteiger partial charge in [-0.1, -0.05) is 204 Å². The number of ether oxygens (including phenoxy) is 2. The minimum Gasteiger partial charge on any atom is -0.457 e. The van der Waals surface area contributed by atoms with Gasteiger partial charge in [0.15, 0.2) is 0 Å². The van der Waals surface area contributed by atoms with Crippen molar-refractivity contribution < 1.29 is 37.3 Å². The van der Waals surface area contributed by atoms with Crippen LogP contribution in [0.4, 0.5) is 0 Å². The number of rotatable bonds is 46. The predicted molar refractivity (Wildman–Crippen MR) is 252 cm³/mol. The van der Waals surface area contributed by atoms with Crippen molar-refractivity contribution in [2.24, 2.45) is 0 Å². The van der Waals surface area contributed by atoms with Crippen LogP contribution in [0, 0.1) is 0 Å². The molecule has 0 heterocycles. The first-order valence-electron chi connectivity index (χ1n) is 24.7. The van der Waals surface area contributed by atoms with Crippen LogP contribution in [0.15, 0.2) is 36.5 Å². The van der Waals surface area contributed by atoms with Crippen molar-refractivity contribution in [2.75, 3.05) is 54.1 Å². The van der Waals surface area contributed by atoms with Crippen molar-refractivity contribution in [1.29, 1.82) is 0 Å². The SMILES string of the molecule is CC/C=C\C/C=C\C/C=C\CCCCCCCCOCC(COP(=O)(O)OCC[N+](C)(C)C)OC(=O)CCCCCCCCCCCCCCCCCCCCCCC. The van der Waals surface area contributed by atoms with Crippen LogP contribution in [-0.2, 0) is 27.9 Å². The van der Waals surface area contributed by atoms with Crippen LogP contribution in [0.5, 0.6) is 0 Å². The number of carbonyl (C=O) groups is 1. The molecule has 0 radical (unpaired) electrons. The zero-order valence-electron chi connectivity index (χ0n) is 39.5. The molecule has 0 aliphatic carbocycles. The number of likely N-dealkylation sites (N-methyl/N-ethyl adjacent to an activating group) is 1. The lowest BCUT2D eigenvalue weighted by atomic mass is 10.0. The van der Waals surface area contributed by atoms with E-state index in [9.17, 15) is 14.3 Å². The van der Waals surface area contributed by atoms with Crippen LogP contribution in [0.25, 0.3) is 0 Å². The first-order valence-corrected chi connectivity index (χ1v) is 26.2. The average Bonchev–Trinajstić information content (AvgIpc) is 3.19. The standard InChI is InChI=1S/C50H96NO7P/c1-6-8-10-12-14-16-18-20-22-24-25-26-27-28-29-31-33-35-37-39-41-43-50(52)58-49(48-57-59(53,54)56-46-44-51(3,4)5)47-55-45-42-40-38-36-34-32-30-23-21-19-17-15-13-11-9-7-2/h9,11,15,17,21,23,49H,6-8,10,12-14,16,18-20,22,24-48H2,1-5H3/p+1/b11-9-,17-15-,23-21-. The van der Waals surface area contributed by atoms with Crippen LogP contribution < -0.4 is 0 Å². The molecule has 1 N–H and O–H groups in total. The molecule has 0 bridgehead atoms. The second-order valence-corrected chi connectivity index (χ2v) is 19.3. The lowest BCUT2D eigenvalue weighted by molar-refractivity contribution is -0.870. The van der Waals surface area contributed by atoms with E-state index < -0.39 is 13.9 Å². The van der Waals surface area contributed by atoms with Crippen LogP contribution in [0.3, 0.4) is 0 Å². The van der Waals surface area contributed by atoms with Crippen LogP contribution in [0.1, 0.15) is 219 Å². The number of quaternary nitrogens is 1. The number of hydrogen-bond donors (Lipinski definition) is 1. The largest absolute Gasteiger partial charge is 0.472 e. The highest BCUT2D eigenvalue weighted by molar-refractivity contribution is 7.47. The van der Waals surface area contributed by atoms with E-state index in [0.717, 1.165) is 57.8 Å². The Balaban J connectivity index is 4.14. The number of hydrogen-bond acceptors (Lipinski definition) is 6. The Morgan fingerprint density at radius 3 is 1.47 bits per heavy atom. The Hall–Kier alpha value is -1.28. The van der Waals surface area contributed by atoms with Gasteiger partial charge in [0.2, 0.25) is 0 Å². The molecule has 0 saturated heterocycles. The van der Waals surface area contributed by atoms with E-state index in [2.05, 4.69) is 50.3 Å². The van der Waals surface area contributed by atoms with Crippen LogP contribution in [-0.4, -0.2) is 75.6 Å². The van der Waals surface area contributed by atoms with Crippen molar-refractivity contribution in [2.45, 2.75) is 225 Å². The number of phosphoric ester groups is 1. The smallest absolute Gasteiger partial charge is 0.457 e. The van der Waals surface area contributed by atoms with E-state index >= 15 is 0 Å². The number of phosphoric acid groups is 1. The number of nitrogens with zero attached hydrogens (tertiary/aromatic N) is 1. The Morgan fingerprint density at radius 1 is 0.542 bits per heavy atom. The summed E-state index contributed by atoms with van der Waals surface area (Å²) in [5.41, 5.74) is 0. The maximum Gasteiger partial charge on any atom is 0.472 e. The monoisotopic (exact) mass is 855 g/mol. The van der Waals surface area contributed by atoms with E-state index in [1.54, 1.807) is 0 Å². The quantitative estimate of drug-likeness (QED) is 0.0214. The van der Waals surface area contributed by atoms with Crippen LogP contribution in [0.2, 0.25) is 0 Å². The molecule has 0 aliphatic rings. The summed E-state index contributed by atoms with van der Waals surface area (Å²) in [6.45, 7) is 5.52. The van der Waals surface area contributed by atoms with Gasteiger partial charge in [-0.2, -0.15) is 0 Å². The van der Waals surface area contributed by atoms with Gasteiger partial charge >= 0.3 is 13.8 Å². The summed E-state index contributed by atoms with van der Waals surface area (Å²) in [7, 11) is 1.66. The average molecular weight is 855 g/mol. The molecule has 0 aromatic heterocycles. The molecule has 0 saturated carbocycles. The molecule has 0 aliphatic heterocycles. The summed E-state index contributed by atoms with van der Waals surface area (Å²) in [5, 5.41) is 0. The fourth-order valence-electron chi connectivity index (χ4n) is 6.92. The molecule has 0 aromatic rings. The van der Waals surface area contributed by atoms with E-state index in [0.29, 0.717) is 24.1 Å². The third-order valence-electron chi connectivity index (χ3n) is 10.7. The summed E-state index contributed by atoms with van der Waals surface area (Å²) in [5.74, 6) is -0.315. The fraction of sp³-hybridized carbons (Fsp3) is 0.860. The molecular formula is C50H97NO7P+. The third kappa shape index (κ3) is 47.6. The van der Waals surface area contributed by atoms with Gasteiger partial charge in [0.05, 0.1) is 34.4 Å². The van der Waals surface area contributed by atoms with E-state index in [4.69, 9.17) is 18.5 Å². The van der Waals surface area contributed by atoms with Crippen molar-refractivity contribution in [1.82, 2.24) is 0 Å². The number of allylic oxidation sites excluding steroid dienone is 6. The molecule has 2 atom stereocenters. The highest BCUT2D eigenvalue weighted by Crippen LogP contribution is 2.43. The summed E-state index contributed by atoms with van der Waals surface area (Å²) >= 11 is 0. The van der Waals surface area contributed by atoms with Crippen molar-refractivity contribution in [3.63, 3.8) is 0 Å². The normalized spacial score (nSPS) is 13.9. The minimum atomic E-state index is -4.28. The van der Waals surface area contributed by atoms with E-state index in [1.807, 2.05) is 21.1 Å². The molecule has 0 fully saturated rings. The molecule has 9 heteroatoms. The summed E-state index contributed by atoms with van der Waals surface area (Å²) in [6.07, 6.45) is 51.9. The summed E-state index contributed by atoms with van der Waals surface area (Å²) in [6, 6.07) is 0. The predicted octanol–water partition coefficient (Wildman–Crippen LogP) is 14.9. The molecule has 0 aromatic carbocycles. The van der Waals surface area contributed by atoms with Gasteiger partial charge in [-0.15, -0.1) is 0 Å². The van der Waals surface area contributed by atoms with Crippen LogP contribution >= 0.6 is 7.82 Å². The number of carbonyl (C=O) groups excluding carboxylic acids is 1. The van der Waals surface area contributed by atoms with Crippen molar-refractivity contribution >= 4 is 13.8 Å². The van der Waals surface area contributed by atoms with Gasteiger partial charge in [0.25, 0.3) is 0 Å². The molecule has 0 spiro atoms. The topological polar surface area (TPSA) is 91.3 Å². The van der Waals surface area contributed by atoms with Gasteiger partial charge in [0, 0.05) is 13.0 Å². The second kappa shape index (κ2) is 43.4. The molecule has 0 amide bonds. The van der Waals surface area contributed by atoms with Crippen molar-refractivity contribution in [3.05, 3.63) is 36.5 Å². The highest BCUT2D eigenvalue weighted by atomic mass is 31.2. The Labute approximate surface area is 365 Å². The lowest BCUT2D eigenvalue weighted by Gasteiger charge is -2.24. The maximum absolute atomic E-state index is 12.7. The van der Waals surface area contributed by atoms with Gasteiger partial charge in [0.1, 0.15) is 19.3 Å². The van der Waals surface area contributed by atoms with Crippen molar-refractivity contribution in [3.8, 4) is 0 Å². The summed E-state index contributed by atoms with van der Waals surface area (Å²) < 4.78 is 35.1. The van der Waals surface area contributed by atoms with Gasteiger partial charge in [-0.05, 0) is 44.9 Å². The van der Waals surface area contributed by atoms with E-state index in [-0.39, 0.29) is 25.8 Å². The number of unbranched alkanes of at least 4 members (excludes halogenated alkanes) is 26. The minimum absolute atomic E-state index is 0.0867. The Bertz CT molecular complexity index is 1040. The maximum atomic E-state index is 12.7. The van der Waals surface area contributed by atoms with Gasteiger partial charge in [-0.25, -0.2) is 4.57 Å². The van der Waals surface area contributed by atoms with Gasteiger partial charge in [-0.3, -0.25) is 13.8 Å². The molecule has 8 nitrogen and oxygen atoms in total. The Morgan fingerprint density at radius 2 is 0.983 bits per heavy atom. The zero-order valence-corrected chi connectivity index (χ0v) is 40.4. The third-order valence-corrected chi connectivity index (χ3v) is 11.7. The molecule has 348 valence electrons. The fourth-order valence-corrected chi connectivity index (χ4v) is 7.66. The second-order valence-electron chi connectivity index (χ2n) is 17.8. The lowest BCUT2D eigenvalue weighted by Crippen LogP contribution is -2.37. The highest BCUT2D eigenvalue weighted by Gasteiger charge is 2.26. The molecule has 59 heavy (non-hydrogen) atoms.